The number of hydrogen-bond donors (Lipinski definition) is 0. The van der Waals surface area contributed by atoms with Crippen LogP contribution in [-0.4, -0.2) is 25.6 Å². The average molecular weight is 400 g/mol. The first kappa shape index (κ1) is 17.8. The Bertz CT molecular complexity index is 916. The van der Waals surface area contributed by atoms with Gasteiger partial charge in [0.1, 0.15) is 5.75 Å². The minimum Gasteiger partial charge on any atom is -0.454 e. The number of anilines is 1. The zero-order chi connectivity index (χ0) is 19.2. The van der Waals surface area contributed by atoms with Crippen LogP contribution in [0.1, 0.15) is 22.3 Å². The van der Waals surface area contributed by atoms with E-state index in [4.69, 9.17) is 21.1 Å². The average Bonchev–Trinajstić information content (AvgIpc) is 3.08. The van der Waals surface area contributed by atoms with Gasteiger partial charge in [0.15, 0.2) is 11.5 Å². The summed E-state index contributed by atoms with van der Waals surface area (Å²) in [5.41, 5.74) is 1.48. The summed E-state index contributed by atoms with van der Waals surface area (Å²) in [6.45, 7) is 0.471. The van der Waals surface area contributed by atoms with Gasteiger partial charge in [-0.2, -0.15) is 0 Å². The number of carbonyl (C=O) groups excluding carboxylic acids is 1. The highest BCUT2D eigenvalue weighted by Crippen LogP contribution is 2.41. The Hall–Kier alpha value is -2.61. The fourth-order valence-electron chi connectivity index (χ4n) is 3.23. The van der Waals surface area contributed by atoms with E-state index in [1.165, 1.54) is 29.2 Å². The van der Waals surface area contributed by atoms with Crippen molar-refractivity contribution in [3.05, 3.63) is 46.5 Å². The van der Waals surface area contributed by atoms with E-state index in [-0.39, 0.29) is 23.5 Å². The second kappa shape index (κ2) is 6.53. The van der Waals surface area contributed by atoms with Gasteiger partial charge in [-0.3, -0.25) is 4.79 Å². The van der Waals surface area contributed by atoms with Gasteiger partial charge in [0, 0.05) is 17.8 Å². The lowest BCUT2D eigenvalue weighted by atomic mass is 10.00. The van der Waals surface area contributed by atoms with E-state index in [0.29, 0.717) is 47.7 Å². The molecule has 0 N–H and O–H groups in total. The van der Waals surface area contributed by atoms with Crippen LogP contribution in [0.5, 0.6) is 17.2 Å². The molecule has 0 fully saturated rings. The van der Waals surface area contributed by atoms with Crippen LogP contribution in [0.4, 0.5) is 18.9 Å². The molecule has 0 radical (unpaired) electrons. The lowest BCUT2D eigenvalue weighted by Gasteiger charge is -2.30. The zero-order valence-corrected chi connectivity index (χ0v) is 14.6. The lowest BCUT2D eigenvalue weighted by Crippen LogP contribution is -2.35. The number of benzene rings is 2. The molecular weight excluding hydrogens is 387 g/mol. The molecule has 0 aromatic heterocycles. The zero-order valence-electron chi connectivity index (χ0n) is 13.8. The summed E-state index contributed by atoms with van der Waals surface area (Å²) in [5.74, 6) is 0.153. The third kappa shape index (κ3) is 3.49. The number of aryl methyl sites for hydroxylation is 1. The topological polar surface area (TPSA) is 48.0 Å². The molecule has 1 amide bonds. The predicted molar refractivity (Wildman–Crippen MR) is 90.7 cm³/mol. The highest BCUT2D eigenvalue weighted by molar-refractivity contribution is 6.33. The molecule has 27 heavy (non-hydrogen) atoms. The van der Waals surface area contributed by atoms with Crippen molar-refractivity contribution < 1.29 is 32.2 Å². The molecular formula is C18H13ClF3NO4. The first-order valence-electron chi connectivity index (χ1n) is 8.11. The largest absolute Gasteiger partial charge is 0.573 e. The molecule has 2 aromatic carbocycles. The maximum absolute atomic E-state index is 13.0. The van der Waals surface area contributed by atoms with Crippen LogP contribution in [0, 0.1) is 0 Å². The summed E-state index contributed by atoms with van der Waals surface area (Å²) >= 11 is 6.14. The number of amides is 1. The quantitative estimate of drug-likeness (QED) is 0.742. The molecule has 142 valence electrons. The fraction of sp³-hybridized carbons (Fsp3) is 0.278. The standard InChI is InChI=1S/C18H13ClF3NO4/c19-13-7-11(8-15-16(13)26-9-25-15)17(24)23-5-1-2-10-6-12(3-4-14(10)23)27-18(20,21)22/h3-4,6-8H,1-2,5,9H2. The summed E-state index contributed by atoms with van der Waals surface area (Å²) in [7, 11) is 0. The van der Waals surface area contributed by atoms with Crippen molar-refractivity contribution in [2.75, 3.05) is 18.2 Å². The van der Waals surface area contributed by atoms with Gasteiger partial charge in [-0.25, -0.2) is 0 Å². The van der Waals surface area contributed by atoms with Crippen LogP contribution in [0.25, 0.3) is 0 Å². The normalized spacial score (nSPS) is 15.5. The van der Waals surface area contributed by atoms with E-state index in [2.05, 4.69) is 4.74 Å². The molecule has 4 rings (SSSR count). The molecule has 2 heterocycles. The van der Waals surface area contributed by atoms with Crippen LogP contribution < -0.4 is 19.1 Å². The van der Waals surface area contributed by atoms with Crippen molar-refractivity contribution in [3.8, 4) is 17.2 Å². The van der Waals surface area contributed by atoms with Crippen molar-refractivity contribution in [1.29, 1.82) is 0 Å². The van der Waals surface area contributed by atoms with Gasteiger partial charge in [-0.1, -0.05) is 11.6 Å². The van der Waals surface area contributed by atoms with Gasteiger partial charge in [0.2, 0.25) is 6.79 Å². The minimum absolute atomic E-state index is 0.0290. The summed E-state index contributed by atoms with van der Waals surface area (Å²) in [6, 6.07) is 7.01. The van der Waals surface area contributed by atoms with Crippen LogP contribution in [0.15, 0.2) is 30.3 Å². The Morgan fingerprint density at radius 2 is 2.00 bits per heavy atom. The molecule has 9 heteroatoms. The molecule has 2 aliphatic rings. The molecule has 0 unspecified atom stereocenters. The van der Waals surface area contributed by atoms with Gasteiger partial charge >= 0.3 is 6.36 Å². The summed E-state index contributed by atoms with van der Waals surface area (Å²) in [5, 5.41) is 0.263. The molecule has 2 aromatic rings. The smallest absolute Gasteiger partial charge is 0.454 e. The monoisotopic (exact) mass is 399 g/mol. The molecule has 5 nitrogen and oxygen atoms in total. The lowest BCUT2D eigenvalue weighted by molar-refractivity contribution is -0.274. The van der Waals surface area contributed by atoms with Crippen LogP contribution >= 0.6 is 11.6 Å². The molecule has 0 atom stereocenters. The number of ether oxygens (including phenoxy) is 3. The molecule has 0 aliphatic carbocycles. The molecule has 0 spiro atoms. The van der Waals surface area contributed by atoms with Gasteiger partial charge in [0.05, 0.1) is 5.02 Å². The number of hydrogen-bond acceptors (Lipinski definition) is 4. The van der Waals surface area contributed by atoms with Crippen LogP contribution in [-0.2, 0) is 6.42 Å². The van der Waals surface area contributed by atoms with E-state index in [0.717, 1.165) is 0 Å². The van der Waals surface area contributed by atoms with Gasteiger partial charge in [0.25, 0.3) is 5.91 Å². The highest BCUT2D eigenvalue weighted by atomic mass is 35.5. The number of carbonyl (C=O) groups is 1. The summed E-state index contributed by atoms with van der Waals surface area (Å²) in [6.07, 6.45) is -3.59. The number of halogens is 4. The van der Waals surface area contributed by atoms with Crippen molar-refractivity contribution in [2.45, 2.75) is 19.2 Å². The van der Waals surface area contributed by atoms with E-state index >= 15 is 0 Å². The number of nitrogens with zero attached hydrogens (tertiary/aromatic N) is 1. The van der Waals surface area contributed by atoms with E-state index in [1.54, 1.807) is 6.07 Å². The second-order valence-corrected chi connectivity index (χ2v) is 6.50. The SMILES string of the molecule is O=C(c1cc(Cl)c2c(c1)OCO2)N1CCCc2cc(OC(F)(F)F)ccc21. The fourth-order valence-corrected chi connectivity index (χ4v) is 3.49. The number of alkyl halides is 3. The first-order valence-corrected chi connectivity index (χ1v) is 8.49. The first-order chi connectivity index (χ1) is 12.8. The van der Waals surface area contributed by atoms with Gasteiger partial charge in [-0.05, 0) is 48.7 Å². The Balaban J connectivity index is 1.65. The Labute approximate surface area is 157 Å². The minimum atomic E-state index is -4.76. The van der Waals surface area contributed by atoms with Crippen molar-refractivity contribution in [1.82, 2.24) is 0 Å². The Morgan fingerprint density at radius 3 is 2.78 bits per heavy atom. The Morgan fingerprint density at radius 1 is 1.19 bits per heavy atom. The van der Waals surface area contributed by atoms with Crippen LogP contribution in [0.3, 0.4) is 0 Å². The molecule has 0 saturated heterocycles. The third-order valence-electron chi connectivity index (χ3n) is 4.32. The molecule has 0 saturated carbocycles. The van der Waals surface area contributed by atoms with E-state index in [9.17, 15) is 18.0 Å². The van der Waals surface area contributed by atoms with Crippen molar-refractivity contribution >= 4 is 23.2 Å². The molecule has 2 aliphatic heterocycles. The van der Waals surface area contributed by atoms with Crippen molar-refractivity contribution in [3.63, 3.8) is 0 Å². The number of rotatable bonds is 2. The van der Waals surface area contributed by atoms with Gasteiger partial charge < -0.3 is 19.1 Å². The third-order valence-corrected chi connectivity index (χ3v) is 4.60. The van der Waals surface area contributed by atoms with Crippen molar-refractivity contribution in [2.24, 2.45) is 0 Å². The Kier molecular flexibility index (Phi) is 4.30. The highest BCUT2D eigenvalue weighted by Gasteiger charge is 2.32. The maximum Gasteiger partial charge on any atom is 0.573 e. The summed E-state index contributed by atoms with van der Waals surface area (Å²) in [4.78, 5) is 14.5. The van der Waals surface area contributed by atoms with Gasteiger partial charge in [-0.15, -0.1) is 13.2 Å². The van der Waals surface area contributed by atoms with E-state index in [1.807, 2.05) is 0 Å². The van der Waals surface area contributed by atoms with Crippen LogP contribution in [0.2, 0.25) is 5.02 Å². The predicted octanol–water partition coefficient (Wildman–Crippen LogP) is 4.56. The molecule has 0 bridgehead atoms. The second-order valence-electron chi connectivity index (χ2n) is 6.09. The summed E-state index contributed by atoms with van der Waals surface area (Å²) < 4.78 is 51.8. The number of fused-ring (bicyclic) bond motifs is 2. The van der Waals surface area contributed by atoms with E-state index < -0.39 is 6.36 Å². The maximum atomic E-state index is 13.0.